The van der Waals surface area contributed by atoms with E-state index >= 15 is 0 Å². The fraction of sp³-hybridized carbons (Fsp3) is 0.357. The van der Waals surface area contributed by atoms with E-state index in [1.54, 1.807) is 43.3 Å². The number of nitrogens with zero attached hydrogens (tertiary/aromatic N) is 2. The lowest BCUT2D eigenvalue weighted by Gasteiger charge is -2.29. The Morgan fingerprint density at radius 3 is 2.42 bits per heavy atom. The summed E-state index contributed by atoms with van der Waals surface area (Å²) in [5, 5.41) is 5.32. The number of benzene rings is 3. The minimum atomic E-state index is -3.71. The number of anilines is 1. The molecule has 7 nitrogen and oxygen atoms in total. The highest BCUT2D eigenvalue weighted by molar-refractivity contribution is 7.93. The highest BCUT2D eigenvalue weighted by Crippen LogP contribution is 2.42. The normalized spacial score (nSPS) is 14.6. The Bertz CT molecular complexity index is 1470. The van der Waals surface area contributed by atoms with E-state index < -0.39 is 16.1 Å². The summed E-state index contributed by atoms with van der Waals surface area (Å²) in [4.78, 5) is 28.1. The van der Waals surface area contributed by atoms with Gasteiger partial charge in [-0.05, 0) is 54.5 Å². The molecule has 0 aliphatic carbocycles. The SMILES string of the molecule is CC(C)CNC(=O)[C@H](C)N(Cc1ccc(Cl)cc1Cl)C(=O)CCCN1c2cccc3cccc(c23)S1(=O)=O. The summed E-state index contributed by atoms with van der Waals surface area (Å²) in [6.45, 7) is 6.42. The molecule has 202 valence electrons. The molecule has 0 spiro atoms. The van der Waals surface area contributed by atoms with Crippen LogP contribution in [-0.2, 0) is 26.2 Å². The van der Waals surface area contributed by atoms with Gasteiger partial charge in [0.05, 0.1) is 10.6 Å². The topological polar surface area (TPSA) is 86.8 Å². The fourth-order valence-corrected chi connectivity index (χ4v) is 6.80. The third-order valence-electron chi connectivity index (χ3n) is 6.64. The van der Waals surface area contributed by atoms with Crippen LogP contribution in [0, 0.1) is 5.92 Å². The Balaban J connectivity index is 1.50. The van der Waals surface area contributed by atoms with Gasteiger partial charge in [-0.1, -0.05) is 67.4 Å². The smallest absolute Gasteiger partial charge is 0.265 e. The first kappa shape index (κ1) is 28.2. The van der Waals surface area contributed by atoms with Crippen LogP contribution in [-0.4, -0.2) is 44.3 Å². The lowest BCUT2D eigenvalue weighted by Crippen LogP contribution is -2.48. The molecule has 0 saturated carbocycles. The van der Waals surface area contributed by atoms with Gasteiger partial charge in [-0.2, -0.15) is 0 Å². The minimum Gasteiger partial charge on any atom is -0.354 e. The van der Waals surface area contributed by atoms with Crippen LogP contribution >= 0.6 is 23.2 Å². The molecule has 0 saturated heterocycles. The molecule has 0 fully saturated rings. The molecular formula is C28H31Cl2N3O4S. The lowest BCUT2D eigenvalue weighted by atomic mass is 10.1. The zero-order chi connectivity index (χ0) is 27.6. The van der Waals surface area contributed by atoms with Crippen molar-refractivity contribution in [1.82, 2.24) is 10.2 Å². The second kappa shape index (κ2) is 11.5. The molecule has 38 heavy (non-hydrogen) atoms. The van der Waals surface area contributed by atoms with Gasteiger partial charge >= 0.3 is 0 Å². The van der Waals surface area contributed by atoms with Gasteiger partial charge in [-0.25, -0.2) is 8.42 Å². The second-order valence-electron chi connectivity index (χ2n) is 9.88. The molecule has 2 amide bonds. The van der Waals surface area contributed by atoms with Crippen LogP contribution in [0.2, 0.25) is 10.0 Å². The molecule has 0 aromatic heterocycles. The maximum atomic E-state index is 13.5. The van der Waals surface area contributed by atoms with Crippen molar-refractivity contribution in [2.45, 2.75) is 51.1 Å². The van der Waals surface area contributed by atoms with Crippen molar-refractivity contribution >= 4 is 61.5 Å². The molecule has 1 aliphatic heterocycles. The zero-order valence-electron chi connectivity index (χ0n) is 21.6. The average Bonchev–Trinajstić information content (AvgIpc) is 3.09. The number of hydrogen-bond donors (Lipinski definition) is 1. The van der Waals surface area contributed by atoms with E-state index in [1.165, 1.54) is 9.21 Å². The van der Waals surface area contributed by atoms with Gasteiger partial charge in [0, 0.05) is 41.5 Å². The summed E-state index contributed by atoms with van der Waals surface area (Å²) in [6, 6.07) is 15.0. The van der Waals surface area contributed by atoms with Crippen molar-refractivity contribution < 1.29 is 18.0 Å². The Hall–Kier alpha value is -2.81. The quantitative estimate of drug-likeness (QED) is 0.339. The summed E-state index contributed by atoms with van der Waals surface area (Å²) >= 11 is 12.4. The van der Waals surface area contributed by atoms with Gasteiger partial charge in [0.2, 0.25) is 11.8 Å². The molecule has 0 bridgehead atoms. The minimum absolute atomic E-state index is 0.0609. The fourth-order valence-electron chi connectivity index (χ4n) is 4.58. The predicted molar refractivity (Wildman–Crippen MR) is 152 cm³/mol. The monoisotopic (exact) mass is 575 g/mol. The summed E-state index contributed by atoms with van der Waals surface area (Å²) in [6.07, 6.45) is 0.346. The average molecular weight is 577 g/mol. The number of rotatable bonds is 10. The summed E-state index contributed by atoms with van der Waals surface area (Å²) in [5.74, 6) is -0.270. The van der Waals surface area contributed by atoms with Crippen molar-refractivity contribution in [3.8, 4) is 0 Å². The molecule has 0 unspecified atom stereocenters. The molecule has 3 aromatic rings. The van der Waals surface area contributed by atoms with E-state index in [2.05, 4.69) is 5.32 Å². The summed E-state index contributed by atoms with van der Waals surface area (Å²) < 4.78 is 27.9. The number of halogens is 2. The third kappa shape index (κ3) is 5.77. The van der Waals surface area contributed by atoms with Crippen LogP contribution in [0.4, 0.5) is 5.69 Å². The summed E-state index contributed by atoms with van der Waals surface area (Å²) in [5.41, 5.74) is 1.29. The Labute approximate surface area is 233 Å². The number of amides is 2. The molecule has 0 radical (unpaired) electrons. The van der Waals surface area contributed by atoms with Gasteiger partial charge in [-0.3, -0.25) is 13.9 Å². The molecule has 10 heteroatoms. The Morgan fingerprint density at radius 1 is 1.03 bits per heavy atom. The predicted octanol–water partition coefficient (Wildman–Crippen LogP) is 5.63. The zero-order valence-corrected chi connectivity index (χ0v) is 23.9. The highest BCUT2D eigenvalue weighted by atomic mass is 35.5. The molecule has 1 atom stereocenters. The molecular weight excluding hydrogens is 545 g/mol. The molecule has 4 rings (SSSR count). The second-order valence-corrected chi connectivity index (χ2v) is 12.6. The standard InChI is InChI=1S/C28H31Cl2N3O4S/c1-18(2)16-31-28(35)19(3)32(17-21-12-13-22(29)15-23(21)30)26(34)11-6-14-33-24-9-4-7-20-8-5-10-25(27(20)24)38(33,36)37/h4-5,7-10,12-13,15,18-19H,6,11,14,16-17H2,1-3H3,(H,31,35)/t19-/m0/s1. The molecule has 1 aliphatic rings. The van der Waals surface area contributed by atoms with Crippen LogP contribution in [0.15, 0.2) is 59.5 Å². The molecule has 1 heterocycles. The van der Waals surface area contributed by atoms with Gasteiger partial charge in [0.1, 0.15) is 6.04 Å². The van der Waals surface area contributed by atoms with Crippen molar-refractivity contribution in [1.29, 1.82) is 0 Å². The summed E-state index contributed by atoms with van der Waals surface area (Å²) in [7, 11) is -3.71. The van der Waals surface area contributed by atoms with E-state index in [4.69, 9.17) is 23.2 Å². The van der Waals surface area contributed by atoms with Crippen LogP contribution in [0.3, 0.4) is 0 Å². The maximum Gasteiger partial charge on any atom is 0.265 e. The van der Waals surface area contributed by atoms with E-state index in [-0.39, 0.29) is 48.6 Å². The number of hydrogen-bond acceptors (Lipinski definition) is 4. The van der Waals surface area contributed by atoms with Crippen LogP contribution in [0.1, 0.15) is 39.2 Å². The van der Waals surface area contributed by atoms with Crippen LogP contribution in [0.5, 0.6) is 0 Å². The molecule has 1 N–H and O–H groups in total. The first-order valence-electron chi connectivity index (χ1n) is 12.6. The Kier molecular flexibility index (Phi) is 8.55. The number of sulfonamides is 1. The first-order valence-corrected chi connectivity index (χ1v) is 14.8. The third-order valence-corrected chi connectivity index (χ3v) is 9.08. The number of nitrogens with one attached hydrogen (secondary N) is 1. The Morgan fingerprint density at radius 2 is 1.74 bits per heavy atom. The van der Waals surface area contributed by atoms with Crippen molar-refractivity contribution in [3.63, 3.8) is 0 Å². The largest absolute Gasteiger partial charge is 0.354 e. The van der Waals surface area contributed by atoms with E-state index in [9.17, 15) is 18.0 Å². The van der Waals surface area contributed by atoms with E-state index in [1.807, 2.05) is 32.0 Å². The highest BCUT2D eigenvalue weighted by Gasteiger charge is 2.35. The molecule has 3 aromatic carbocycles. The van der Waals surface area contributed by atoms with Crippen molar-refractivity contribution in [3.05, 3.63) is 70.2 Å². The van der Waals surface area contributed by atoms with E-state index in [0.29, 0.717) is 33.2 Å². The van der Waals surface area contributed by atoms with Crippen LogP contribution < -0.4 is 9.62 Å². The van der Waals surface area contributed by atoms with E-state index in [0.717, 1.165) is 5.39 Å². The first-order chi connectivity index (χ1) is 18.0. The van der Waals surface area contributed by atoms with Crippen molar-refractivity contribution in [2.75, 3.05) is 17.4 Å². The van der Waals surface area contributed by atoms with Gasteiger partial charge < -0.3 is 10.2 Å². The number of carbonyl (C=O) groups is 2. The maximum absolute atomic E-state index is 13.5. The lowest BCUT2D eigenvalue weighted by molar-refractivity contribution is -0.140. The van der Waals surface area contributed by atoms with Crippen LogP contribution in [0.25, 0.3) is 10.8 Å². The van der Waals surface area contributed by atoms with Gasteiger partial charge in [-0.15, -0.1) is 0 Å². The van der Waals surface area contributed by atoms with Gasteiger partial charge in [0.25, 0.3) is 10.0 Å². The number of carbonyl (C=O) groups excluding carboxylic acids is 2. The van der Waals surface area contributed by atoms with Gasteiger partial charge in [0.15, 0.2) is 0 Å². The van der Waals surface area contributed by atoms with Crippen molar-refractivity contribution in [2.24, 2.45) is 5.92 Å².